The first-order valence-corrected chi connectivity index (χ1v) is 7.51. The Labute approximate surface area is 122 Å². The van der Waals surface area contributed by atoms with E-state index < -0.39 is 10.0 Å². The summed E-state index contributed by atoms with van der Waals surface area (Å²) in [5.41, 5.74) is 6.24. The maximum Gasteiger partial charge on any atom is 0.262 e. The third-order valence-electron chi connectivity index (χ3n) is 2.63. The molecular formula is C13H13ClN2O3S. The SMILES string of the molecule is COc1ccccc1NS(=O)(=O)c1ccc(N)c(Cl)c1. The van der Waals surface area contributed by atoms with Crippen molar-refractivity contribution in [3.63, 3.8) is 0 Å². The number of halogens is 1. The van der Waals surface area contributed by atoms with E-state index in [0.29, 0.717) is 17.1 Å². The van der Waals surface area contributed by atoms with Gasteiger partial charge in [-0.2, -0.15) is 0 Å². The van der Waals surface area contributed by atoms with Crippen molar-refractivity contribution in [2.45, 2.75) is 4.90 Å². The molecule has 5 nitrogen and oxygen atoms in total. The number of para-hydroxylation sites is 2. The van der Waals surface area contributed by atoms with Crippen LogP contribution in [0.5, 0.6) is 5.75 Å². The van der Waals surface area contributed by atoms with E-state index in [1.807, 2.05) is 0 Å². The molecular weight excluding hydrogens is 300 g/mol. The number of nitrogens with one attached hydrogen (secondary N) is 1. The summed E-state index contributed by atoms with van der Waals surface area (Å²) in [6.45, 7) is 0. The van der Waals surface area contributed by atoms with Crippen molar-refractivity contribution in [2.75, 3.05) is 17.6 Å². The highest BCUT2D eigenvalue weighted by Gasteiger charge is 2.17. The quantitative estimate of drug-likeness (QED) is 0.851. The molecule has 0 aliphatic heterocycles. The Morgan fingerprint density at radius 1 is 1.20 bits per heavy atom. The van der Waals surface area contributed by atoms with E-state index in [2.05, 4.69) is 4.72 Å². The van der Waals surface area contributed by atoms with Gasteiger partial charge >= 0.3 is 0 Å². The molecule has 3 N–H and O–H groups in total. The Balaban J connectivity index is 2.38. The molecule has 7 heteroatoms. The molecule has 0 radical (unpaired) electrons. The van der Waals surface area contributed by atoms with Crippen LogP contribution in [0.25, 0.3) is 0 Å². The van der Waals surface area contributed by atoms with Gasteiger partial charge in [-0.25, -0.2) is 8.42 Å². The Morgan fingerprint density at radius 2 is 1.90 bits per heavy atom. The normalized spacial score (nSPS) is 11.1. The van der Waals surface area contributed by atoms with Crippen molar-refractivity contribution >= 4 is 33.0 Å². The number of ether oxygens (including phenoxy) is 1. The van der Waals surface area contributed by atoms with Crippen LogP contribution in [-0.2, 0) is 10.0 Å². The zero-order valence-electron chi connectivity index (χ0n) is 10.6. The first-order valence-electron chi connectivity index (χ1n) is 5.65. The number of benzene rings is 2. The highest BCUT2D eigenvalue weighted by atomic mass is 35.5. The van der Waals surface area contributed by atoms with Gasteiger partial charge in [0.1, 0.15) is 5.75 Å². The lowest BCUT2D eigenvalue weighted by Gasteiger charge is -2.12. The second-order valence-electron chi connectivity index (χ2n) is 3.99. The van der Waals surface area contributed by atoms with Crippen LogP contribution in [-0.4, -0.2) is 15.5 Å². The van der Waals surface area contributed by atoms with Crippen molar-refractivity contribution in [3.8, 4) is 5.75 Å². The molecule has 2 aromatic rings. The Kier molecular flexibility index (Phi) is 4.06. The van der Waals surface area contributed by atoms with E-state index in [-0.39, 0.29) is 9.92 Å². The lowest BCUT2D eigenvalue weighted by atomic mass is 10.3. The van der Waals surface area contributed by atoms with E-state index in [0.717, 1.165) is 0 Å². The zero-order chi connectivity index (χ0) is 14.8. The molecule has 2 aromatic carbocycles. The Morgan fingerprint density at radius 3 is 2.55 bits per heavy atom. The van der Waals surface area contributed by atoms with Gasteiger partial charge in [-0.05, 0) is 30.3 Å². The number of hydrogen-bond acceptors (Lipinski definition) is 4. The van der Waals surface area contributed by atoms with Crippen LogP contribution in [0.1, 0.15) is 0 Å². The molecule has 0 amide bonds. The average Bonchev–Trinajstić information content (AvgIpc) is 2.42. The number of hydrogen-bond donors (Lipinski definition) is 2. The minimum absolute atomic E-state index is 0.0302. The van der Waals surface area contributed by atoms with E-state index in [4.69, 9.17) is 22.1 Å². The predicted octanol–water partition coefficient (Wildman–Crippen LogP) is 2.73. The second kappa shape index (κ2) is 5.60. The predicted molar refractivity (Wildman–Crippen MR) is 79.7 cm³/mol. The molecule has 0 aromatic heterocycles. The van der Waals surface area contributed by atoms with E-state index in [1.165, 1.54) is 25.3 Å². The van der Waals surface area contributed by atoms with Gasteiger partial charge in [0, 0.05) is 0 Å². The number of anilines is 2. The molecule has 0 atom stereocenters. The smallest absolute Gasteiger partial charge is 0.262 e. The maximum absolute atomic E-state index is 12.3. The fourth-order valence-electron chi connectivity index (χ4n) is 1.61. The maximum atomic E-state index is 12.3. The number of nitrogens with two attached hydrogens (primary N) is 1. The van der Waals surface area contributed by atoms with Gasteiger partial charge in [0.25, 0.3) is 10.0 Å². The lowest BCUT2D eigenvalue weighted by molar-refractivity contribution is 0.417. The van der Waals surface area contributed by atoms with Crippen LogP contribution in [0, 0.1) is 0 Å². The van der Waals surface area contributed by atoms with Crippen molar-refractivity contribution in [3.05, 3.63) is 47.5 Å². The summed E-state index contributed by atoms with van der Waals surface area (Å²) in [6, 6.07) is 10.9. The lowest BCUT2D eigenvalue weighted by Crippen LogP contribution is -2.13. The van der Waals surface area contributed by atoms with Gasteiger partial charge in [-0.1, -0.05) is 23.7 Å². The van der Waals surface area contributed by atoms with Crippen LogP contribution < -0.4 is 15.2 Å². The fraction of sp³-hybridized carbons (Fsp3) is 0.0769. The first-order chi connectivity index (χ1) is 9.44. The molecule has 2 rings (SSSR count). The summed E-state index contributed by atoms with van der Waals surface area (Å²) < 4.78 is 32.1. The van der Waals surface area contributed by atoms with Crippen LogP contribution >= 0.6 is 11.6 Å². The summed E-state index contributed by atoms with van der Waals surface area (Å²) in [4.78, 5) is 0.0302. The molecule has 0 heterocycles. The molecule has 0 fully saturated rings. The second-order valence-corrected chi connectivity index (χ2v) is 6.08. The molecule has 0 saturated carbocycles. The van der Waals surface area contributed by atoms with Gasteiger partial charge in [0.15, 0.2) is 0 Å². The Hall–Kier alpha value is -1.92. The summed E-state index contributed by atoms with van der Waals surface area (Å²) in [5.74, 6) is 0.428. The number of rotatable bonds is 4. The molecule has 106 valence electrons. The van der Waals surface area contributed by atoms with Gasteiger partial charge in [-0.15, -0.1) is 0 Å². The summed E-state index contributed by atoms with van der Waals surface area (Å²) in [6.07, 6.45) is 0. The molecule has 0 saturated heterocycles. The molecule has 0 aliphatic carbocycles. The summed E-state index contributed by atoms with van der Waals surface area (Å²) in [5, 5.41) is 0.188. The molecule has 0 aliphatic rings. The monoisotopic (exact) mass is 312 g/mol. The van der Waals surface area contributed by atoms with Crippen molar-refractivity contribution in [2.24, 2.45) is 0 Å². The number of nitrogen functional groups attached to an aromatic ring is 1. The van der Waals surface area contributed by atoms with E-state index in [1.54, 1.807) is 24.3 Å². The third-order valence-corrected chi connectivity index (χ3v) is 4.32. The standard InChI is InChI=1S/C13H13ClN2O3S/c1-19-13-5-3-2-4-12(13)16-20(17,18)9-6-7-11(15)10(14)8-9/h2-8,16H,15H2,1H3. The van der Waals surface area contributed by atoms with Crippen molar-refractivity contribution in [1.82, 2.24) is 0 Å². The van der Waals surface area contributed by atoms with Gasteiger partial charge < -0.3 is 10.5 Å². The van der Waals surface area contributed by atoms with Crippen LogP contribution in [0.15, 0.2) is 47.4 Å². The number of methoxy groups -OCH3 is 1. The van der Waals surface area contributed by atoms with Crippen molar-refractivity contribution < 1.29 is 13.2 Å². The van der Waals surface area contributed by atoms with Gasteiger partial charge in [0.05, 0.1) is 28.4 Å². The average molecular weight is 313 g/mol. The topological polar surface area (TPSA) is 81.4 Å². The largest absolute Gasteiger partial charge is 0.495 e. The molecule has 0 spiro atoms. The van der Waals surface area contributed by atoms with E-state index >= 15 is 0 Å². The van der Waals surface area contributed by atoms with Gasteiger partial charge in [0.2, 0.25) is 0 Å². The van der Waals surface area contributed by atoms with Crippen LogP contribution in [0.3, 0.4) is 0 Å². The highest BCUT2D eigenvalue weighted by molar-refractivity contribution is 7.92. The highest BCUT2D eigenvalue weighted by Crippen LogP contribution is 2.28. The Bertz CT molecular complexity index is 732. The van der Waals surface area contributed by atoms with Crippen LogP contribution in [0.4, 0.5) is 11.4 Å². The minimum atomic E-state index is -3.76. The summed E-state index contributed by atoms with van der Waals surface area (Å²) in [7, 11) is -2.29. The number of sulfonamides is 1. The fourth-order valence-corrected chi connectivity index (χ4v) is 2.95. The third kappa shape index (κ3) is 2.97. The molecule has 20 heavy (non-hydrogen) atoms. The van der Waals surface area contributed by atoms with E-state index in [9.17, 15) is 8.42 Å². The summed E-state index contributed by atoms with van der Waals surface area (Å²) >= 11 is 5.84. The minimum Gasteiger partial charge on any atom is -0.495 e. The molecule has 0 bridgehead atoms. The zero-order valence-corrected chi connectivity index (χ0v) is 12.2. The molecule has 0 unspecified atom stereocenters. The van der Waals surface area contributed by atoms with Gasteiger partial charge in [-0.3, -0.25) is 4.72 Å². The first kappa shape index (κ1) is 14.5. The van der Waals surface area contributed by atoms with Crippen molar-refractivity contribution in [1.29, 1.82) is 0 Å². The van der Waals surface area contributed by atoms with Crippen LogP contribution in [0.2, 0.25) is 5.02 Å².